The first kappa shape index (κ1) is 21.0. The Morgan fingerprint density at radius 2 is 1.58 bits per heavy atom. The number of H-pyrrole nitrogens is 1. The Hall–Kier alpha value is -3.88. The Kier molecular flexibility index (Phi) is 5.24. The molecule has 1 aromatic heterocycles. The lowest BCUT2D eigenvalue weighted by molar-refractivity contribution is 0.0640. The van der Waals surface area contributed by atoms with E-state index < -0.39 is 23.7 Å². The molecule has 1 unspecified atom stereocenters. The minimum absolute atomic E-state index is 0.0754. The number of aliphatic hydroxyl groups is 1. The number of carbonyl (C=O) groups is 2. The summed E-state index contributed by atoms with van der Waals surface area (Å²) in [5, 5.41) is 22.1. The molecule has 3 aromatic carbocycles. The van der Waals surface area contributed by atoms with Crippen LogP contribution in [0.15, 0.2) is 66.7 Å². The van der Waals surface area contributed by atoms with Gasteiger partial charge in [0.2, 0.25) is 0 Å². The van der Waals surface area contributed by atoms with Gasteiger partial charge in [0.1, 0.15) is 23.3 Å². The summed E-state index contributed by atoms with van der Waals surface area (Å²) in [6.45, 7) is -0.129. The van der Waals surface area contributed by atoms with Gasteiger partial charge in [-0.1, -0.05) is 48.0 Å². The summed E-state index contributed by atoms with van der Waals surface area (Å²) in [6.07, 6.45) is -1.33. The zero-order valence-electron chi connectivity index (χ0n) is 17.0. The lowest BCUT2D eigenvalue weighted by Crippen LogP contribution is -2.29. The average Bonchev–Trinajstić information content (AvgIpc) is 3.38. The molecule has 7 nitrogen and oxygen atoms in total. The smallest absolute Gasteiger partial charge is 0.261 e. The molecule has 0 saturated heterocycles. The van der Waals surface area contributed by atoms with E-state index in [4.69, 9.17) is 11.6 Å². The van der Waals surface area contributed by atoms with Crippen molar-refractivity contribution >= 4 is 23.4 Å². The van der Waals surface area contributed by atoms with Crippen LogP contribution in [0.5, 0.6) is 0 Å². The third kappa shape index (κ3) is 3.59. The summed E-state index contributed by atoms with van der Waals surface area (Å²) in [5.41, 5.74) is 2.11. The van der Waals surface area contributed by atoms with Crippen LogP contribution >= 0.6 is 11.6 Å². The SMILES string of the molecule is O=C1c2ccccc2C(=O)N1Cc1n[nH]nc1-c1ccc(Cl)cc1C(O)c1ccccc1F. The zero-order chi connectivity index (χ0) is 23.1. The highest BCUT2D eigenvalue weighted by Crippen LogP contribution is 2.35. The number of aromatic nitrogens is 3. The molecule has 2 heterocycles. The van der Waals surface area contributed by atoms with Crippen molar-refractivity contribution in [2.75, 3.05) is 0 Å². The van der Waals surface area contributed by atoms with Crippen LogP contribution in [-0.4, -0.2) is 37.2 Å². The predicted octanol–water partition coefficient (Wildman–Crippen LogP) is 4.14. The third-order valence-electron chi connectivity index (χ3n) is 5.57. The molecule has 2 N–H and O–H groups in total. The van der Waals surface area contributed by atoms with E-state index >= 15 is 0 Å². The number of fused-ring (bicyclic) bond motifs is 1. The molecule has 1 aliphatic rings. The number of halogens is 2. The molecule has 9 heteroatoms. The van der Waals surface area contributed by atoms with Crippen LogP contribution in [0.4, 0.5) is 4.39 Å². The summed E-state index contributed by atoms with van der Waals surface area (Å²) in [7, 11) is 0. The van der Waals surface area contributed by atoms with E-state index in [1.165, 1.54) is 24.3 Å². The molecule has 33 heavy (non-hydrogen) atoms. The molecule has 1 aliphatic heterocycles. The number of nitrogens with zero attached hydrogens (tertiary/aromatic N) is 3. The molecule has 164 valence electrons. The number of imide groups is 1. The maximum atomic E-state index is 14.4. The first-order valence-corrected chi connectivity index (χ1v) is 10.4. The first-order chi connectivity index (χ1) is 16.0. The fourth-order valence-electron chi connectivity index (χ4n) is 3.95. The maximum absolute atomic E-state index is 14.4. The Labute approximate surface area is 192 Å². The van der Waals surface area contributed by atoms with Gasteiger partial charge in [0.25, 0.3) is 11.8 Å². The van der Waals surface area contributed by atoms with Crippen molar-refractivity contribution in [3.8, 4) is 11.3 Å². The number of hydrogen-bond acceptors (Lipinski definition) is 5. The van der Waals surface area contributed by atoms with E-state index in [-0.39, 0.29) is 12.1 Å². The Bertz CT molecular complexity index is 1370. The molecule has 0 bridgehead atoms. The van der Waals surface area contributed by atoms with Gasteiger partial charge < -0.3 is 5.11 Å². The molecule has 2 amide bonds. The van der Waals surface area contributed by atoms with Crippen LogP contribution in [0.25, 0.3) is 11.3 Å². The molecular formula is C24H16ClFN4O3. The van der Waals surface area contributed by atoms with Gasteiger partial charge in [-0.05, 0) is 35.9 Å². The maximum Gasteiger partial charge on any atom is 0.261 e. The van der Waals surface area contributed by atoms with Crippen molar-refractivity contribution in [2.45, 2.75) is 12.6 Å². The molecule has 0 radical (unpaired) electrons. The Morgan fingerprint density at radius 1 is 0.909 bits per heavy atom. The summed E-state index contributed by atoms with van der Waals surface area (Å²) in [6, 6.07) is 17.2. The lowest BCUT2D eigenvalue weighted by Gasteiger charge is -2.17. The fraction of sp³-hybridized carbons (Fsp3) is 0.0833. The molecule has 0 fully saturated rings. The monoisotopic (exact) mass is 462 g/mol. The number of rotatable bonds is 5. The van der Waals surface area contributed by atoms with Crippen LogP contribution in [0, 0.1) is 5.82 Å². The van der Waals surface area contributed by atoms with Crippen LogP contribution in [0.2, 0.25) is 5.02 Å². The van der Waals surface area contributed by atoms with Crippen molar-refractivity contribution < 1.29 is 19.1 Å². The molecule has 0 spiro atoms. The summed E-state index contributed by atoms with van der Waals surface area (Å²) in [5.74, 6) is -1.41. The Morgan fingerprint density at radius 3 is 2.27 bits per heavy atom. The van der Waals surface area contributed by atoms with E-state index in [1.54, 1.807) is 42.5 Å². The molecule has 5 rings (SSSR count). The highest BCUT2D eigenvalue weighted by molar-refractivity contribution is 6.30. The quantitative estimate of drug-likeness (QED) is 0.434. The average molecular weight is 463 g/mol. The minimum atomic E-state index is -1.33. The molecule has 0 saturated carbocycles. The van der Waals surface area contributed by atoms with E-state index in [1.807, 2.05) is 0 Å². The number of aliphatic hydroxyl groups excluding tert-OH is 1. The van der Waals surface area contributed by atoms with Crippen LogP contribution < -0.4 is 0 Å². The summed E-state index contributed by atoms with van der Waals surface area (Å²) < 4.78 is 14.4. The lowest BCUT2D eigenvalue weighted by atomic mass is 9.94. The molecule has 0 aliphatic carbocycles. The topological polar surface area (TPSA) is 99.2 Å². The van der Waals surface area contributed by atoms with E-state index in [0.29, 0.717) is 38.7 Å². The number of nitrogens with one attached hydrogen (secondary N) is 1. The highest BCUT2D eigenvalue weighted by Gasteiger charge is 2.36. The third-order valence-corrected chi connectivity index (χ3v) is 5.80. The zero-order valence-corrected chi connectivity index (χ0v) is 17.8. The van der Waals surface area contributed by atoms with Gasteiger partial charge in [-0.15, -0.1) is 0 Å². The largest absolute Gasteiger partial charge is 0.384 e. The van der Waals surface area contributed by atoms with E-state index in [9.17, 15) is 19.1 Å². The van der Waals surface area contributed by atoms with Gasteiger partial charge in [0, 0.05) is 16.1 Å². The van der Waals surface area contributed by atoms with Gasteiger partial charge in [-0.2, -0.15) is 15.4 Å². The number of benzene rings is 3. The second-order valence-electron chi connectivity index (χ2n) is 7.52. The molecule has 4 aromatic rings. The van der Waals surface area contributed by atoms with Gasteiger partial charge in [0.15, 0.2) is 0 Å². The van der Waals surface area contributed by atoms with Crippen molar-refractivity contribution in [1.29, 1.82) is 0 Å². The van der Waals surface area contributed by atoms with E-state index in [0.717, 1.165) is 4.90 Å². The second kappa shape index (κ2) is 8.23. The second-order valence-corrected chi connectivity index (χ2v) is 7.95. The highest BCUT2D eigenvalue weighted by atomic mass is 35.5. The van der Waals surface area contributed by atoms with Gasteiger partial charge in [-0.3, -0.25) is 14.5 Å². The summed E-state index contributed by atoms with van der Waals surface area (Å²) >= 11 is 6.17. The van der Waals surface area contributed by atoms with Crippen molar-refractivity contribution in [2.24, 2.45) is 0 Å². The van der Waals surface area contributed by atoms with Gasteiger partial charge in [-0.25, -0.2) is 4.39 Å². The Balaban J connectivity index is 1.54. The van der Waals surface area contributed by atoms with Crippen molar-refractivity contribution in [3.05, 3.63) is 106 Å². The number of carbonyl (C=O) groups excluding carboxylic acids is 2. The van der Waals surface area contributed by atoms with Crippen molar-refractivity contribution in [3.63, 3.8) is 0 Å². The molecule has 1 atom stereocenters. The predicted molar refractivity (Wildman–Crippen MR) is 118 cm³/mol. The minimum Gasteiger partial charge on any atom is -0.384 e. The first-order valence-electron chi connectivity index (χ1n) is 10.0. The molecular weight excluding hydrogens is 447 g/mol. The van der Waals surface area contributed by atoms with Gasteiger partial charge in [0.05, 0.1) is 17.7 Å². The standard InChI is InChI=1S/C24H16ClFN4O3/c25-13-9-10-14(18(11-13)22(31)17-7-3-4-8-19(17)26)21-20(27-29-28-21)12-30-23(32)15-5-1-2-6-16(15)24(30)33/h1-11,22,31H,12H2,(H,27,28,29). The van der Waals surface area contributed by atoms with Crippen molar-refractivity contribution in [1.82, 2.24) is 20.3 Å². The van der Waals surface area contributed by atoms with Crippen LogP contribution in [0.3, 0.4) is 0 Å². The number of hydrogen-bond donors (Lipinski definition) is 2. The van der Waals surface area contributed by atoms with Crippen LogP contribution in [0.1, 0.15) is 43.6 Å². The number of aromatic amines is 1. The summed E-state index contributed by atoms with van der Waals surface area (Å²) in [4.78, 5) is 26.6. The fourth-order valence-corrected chi connectivity index (χ4v) is 4.13. The normalized spacial score (nSPS) is 14.0. The van der Waals surface area contributed by atoms with E-state index in [2.05, 4.69) is 15.4 Å². The van der Waals surface area contributed by atoms with Gasteiger partial charge >= 0.3 is 0 Å². The van der Waals surface area contributed by atoms with Crippen LogP contribution in [-0.2, 0) is 6.54 Å². The number of amides is 2.